The number of imidazole rings is 1. The van der Waals surface area contributed by atoms with Gasteiger partial charge in [0, 0.05) is 35.8 Å². The smallest absolute Gasteiger partial charge is 0.326 e. The lowest BCUT2D eigenvalue weighted by atomic mass is 10.0. The number of ether oxygens (including phenoxy) is 1. The molecule has 5 aromatic rings. The Morgan fingerprint density at radius 2 is 1.70 bits per heavy atom. The minimum Gasteiger partial charge on any atom is -0.480 e. The molecule has 0 bridgehead atoms. The van der Waals surface area contributed by atoms with Gasteiger partial charge >= 0.3 is 5.97 Å². The average molecular weight is 577 g/mol. The van der Waals surface area contributed by atoms with Crippen molar-refractivity contribution in [1.82, 2.24) is 24.7 Å². The lowest BCUT2D eigenvalue weighted by Crippen LogP contribution is -2.44. The van der Waals surface area contributed by atoms with E-state index in [0.717, 1.165) is 52.5 Å². The summed E-state index contributed by atoms with van der Waals surface area (Å²) in [4.78, 5) is 41.0. The molecule has 2 N–H and O–H groups in total. The largest absolute Gasteiger partial charge is 0.480 e. The summed E-state index contributed by atoms with van der Waals surface area (Å²) in [6.45, 7) is 6.21. The Morgan fingerprint density at radius 1 is 0.953 bits per heavy atom. The number of para-hydroxylation sites is 1. The summed E-state index contributed by atoms with van der Waals surface area (Å²) in [7, 11) is 0. The summed E-state index contributed by atoms with van der Waals surface area (Å²) in [5, 5.41) is 13.1. The number of pyridine rings is 1. The van der Waals surface area contributed by atoms with E-state index >= 15 is 0 Å². The van der Waals surface area contributed by atoms with Crippen LogP contribution in [0.15, 0.2) is 73.1 Å². The van der Waals surface area contributed by atoms with Crippen molar-refractivity contribution in [2.45, 2.75) is 19.9 Å². The van der Waals surface area contributed by atoms with Gasteiger partial charge in [-0.1, -0.05) is 50.2 Å². The van der Waals surface area contributed by atoms with Crippen molar-refractivity contribution < 1.29 is 19.4 Å². The van der Waals surface area contributed by atoms with Crippen LogP contribution < -0.4 is 10.2 Å². The molecule has 3 aromatic heterocycles. The van der Waals surface area contributed by atoms with Gasteiger partial charge in [0.25, 0.3) is 5.91 Å². The molecule has 1 fully saturated rings. The number of aliphatic carboxylic acids is 1. The first-order chi connectivity index (χ1) is 20.9. The van der Waals surface area contributed by atoms with Crippen molar-refractivity contribution in [3.05, 3.63) is 90.0 Å². The van der Waals surface area contributed by atoms with Crippen LogP contribution in [-0.4, -0.2) is 68.7 Å². The number of benzene rings is 2. The molecule has 0 radical (unpaired) electrons. The molecule has 1 saturated heterocycles. The van der Waals surface area contributed by atoms with Gasteiger partial charge in [0.15, 0.2) is 11.5 Å². The second-order valence-electron chi connectivity index (χ2n) is 10.8. The highest BCUT2D eigenvalue weighted by atomic mass is 16.5. The van der Waals surface area contributed by atoms with Crippen LogP contribution in [0.2, 0.25) is 0 Å². The van der Waals surface area contributed by atoms with E-state index in [9.17, 15) is 14.7 Å². The monoisotopic (exact) mass is 576 g/mol. The highest BCUT2D eigenvalue weighted by molar-refractivity contribution is 5.97. The molecular weight excluding hydrogens is 544 g/mol. The molecule has 2 aromatic carbocycles. The van der Waals surface area contributed by atoms with Gasteiger partial charge in [0.2, 0.25) is 0 Å². The van der Waals surface area contributed by atoms with Gasteiger partial charge in [0.1, 0.15) is 6.04 Å². The third kappa shape index (κ3) is 5.96. The number of nitrogens with one attached hydrogen (secondary N) is 1. The summed E-state index contributed by atoms with van der Waals surface area (Å²) < 4.78 is 7.56. The van der Waals surface area contributed by atoms with E-state index in [1.165, 1.54) is 0 Å². The normalized spacial score (nSPS) is 14.5. The number of carbonyl (C=O) groups excluding carboxylic acids is 1. The molecule has 43 heavy (non-hydrogen) atoms. The van der Waals surface area contributed by atoms with E-state index in [0.29, 0.717) is 24.4 Å². The fourth-order valence-corrected chi connectivity index (χ4v) is 5.15. The van der Waals surface area contributed by atoms with Gasteiger partial charge in [-0.05, 0) is 42.3 Å². The van der Waals surface area contributed by atoms with E-state index in [1.54, 1.807) is 26.0 Å². The zero-order chi connectivity index (χ0) is 29.9. The van der Waals surface area contributed by atoms with Crippen LogP contribution in [0.5, 0.6) is 0 Å². The number of carboxylic acids is 1. The zero-order valence-electron chi connectivity index (χ0n) is 24.0. The molecule has 0 unspecified atom stereocenters. The Hall–Kier alpha value is -5.09. The number of carbonyl (C=O) groups is 2. The number of anilines is 1. The second kappa shape index (κ2) is 12.0. The standard InChI is InChI=1S/C33H32N6O4/c1-21(2)29(33(41)42)37-32(40)24-9-7-23(8-10-24)28-19-34-30(38-15-17-43-18-16-38)31-36-26(20-39(28)31)14-13-25-12-11-22-5-3-4-6-27(22)35-25/h3-14,19-21,29H,15-18H2,1-2H3,(H,37,40)(H,41,42)/b14-13+/t29-/m0/s1. The van der Waals surface area contributed by atoms with Gasteiger partial charge in [0.05, 0.1) is 42.0 Å². The van der Waals surface area contributed by atoms with Crippen LogP contribution in [0.1, 0.15) is 35.6 Å². The van der Waals surface area contributed by atoms with Crippen LogP contribution >= 0.6 is 0 Å². The molecule has 0 aliphatic carbocycles. The molecule has 0 saturated carbocycles. The molecule has 1 atom stereocenters. The third-order valence-electron chi connectivity index (χ3n) is 7.51. The van der Waals surface area contributed by atoms with Crippen molar-refractivity contribution in [3.8, 4) is 11.3 Å². The predicted octanol–water partition coefficient (Wildman–Crippen LogP) is 4.79. The van der Waals surface area contributed by atoms with Gasteiger partial charge in [-0.25, -0.2) is 19.7 Å². The third-order valence-corrected chi connectivity index (χ3v) is 7.51. The van der Waals surface area contributed by atoms with Crippen LogP contribution in [0.25, 0.3) is 40.0 Å². The maximum Gasteiger partial charge on any atom is 0.326 e. The first-order valence-electron chi connectivity index (χ1n) is 14.3. The number of hydrogen-bond donors (Lipinski definition) is 2. The molecule has 1 amide bonds. The van der Waals surface area contributed by atoms with Crippen molar-refractivity contribution in [2.75, 3.05) is 31.2 Å². The van der Waals surface area contributed by atoms with Crippen molar-refractivity contribution in [1.29, 1.82) is 0 Å². The fourth-order valence-electron chi connectivity index (χ4n) is 5.15. The van der Waals surface area contributed by atoms with Crippen LogP contribution in [-0.2, 0) is 9.53 Å². The maximum absolute atomic E-state index is 12.8. The van der Waals surface area contributed by atoms with E-state index in [2.05, 4.69) is 16.3 Å². The molecule has 0 spiro atoms. The van der Waals surface area contributed by atoms with E-state index in [1.807, 2.05) is 71.4 Å². The minimum atomic E-state index is -1.06. The van der Waals surface area contributed by atoms with Gasteiger partial charge in [-0.15, -0.1) is 0 Å². The molecule has 6 rings (SSSR count). The van der Waals surface area contributed by atoms with Gasteiger partial charge in [-0.3, -0.25) is 9.20 Å². The first kappa shape index (κ1) is 28.0. The number of nitrogens with zero attached hydrogens (tertiary/aromatic N) is 5. The Morgan fingerprint density at radius 3 is 2.44 bits per heavy atom. The highest BCUT2D eigenvalue weighted by Crippen LogP contribution is 2.28. The highest BCUT2D eigenvalue weighted by Gasteiger charge is 2.24. The van der Waals surface area contributed by atoms with E-state index < -0.39 is 17.9 Å². The predicted molar refractivity (Wildman–Crippen MR) is 166 cm³/mol. The summed E-state index contributed by atoms with van der Waals surface area (Å²) in [5.74, 6) is -0.961. The maximum atomic E-state index is 12.8. The van der Waals surface area contributed by atoms with Crippen LogP contribution in [0.4, 0.5) is 5.82 Å². The van der Waals surface area contributed by atoms with Gasteiger partial charge in [-0.2, -0.15) is 0 Å². The van der Waals surface area contributed by atoms with Crippen molar-refractivity contribution >= 4 is 46.4 Å². The van der Waals surface area contributed by atoms with Gasteiger partial charge < -0.3 is 20.1 Å². The lowest BCUT2D eigenvalue weighted by Gasteiger charge is -2.28. The second-order valence-corrected chi connectivity index (χ2v) is 10.8. The average Bonchev–Trinajstić information content (AvgIpc) is 3.46. The number of amides is 1. The Balaban J connectivity index is 1.34. The number of aromatic nitrogens is 4. The number of carboxylic acid groups (broad SMARTS) is 1. The summed E-state index contributed by atoms with van der Waals surface area (Å²) in [5.41, 5.74) is 5.25. The number of rotatable bonds is 8. The molecule has 4 heterocycles. The van der Waals surface area contributed by atoms with Crippen LogP contribution in [0, 0.1) is 5.92 Å². The van der Waals surface area contributed by atoms with Crippen LogP contribution in [0.3, 0.4) is 0 Å². The van der Waals surface area contributed by atoms with E-state index in [4.69, 9.17) is 19.7 Å². The zero-order valence-corrected chi connectivity index (χ0v) is 24.0. The number of morpholine rings is 1. The molecule has 10 heteroatoms. The quantitative estimate of drug-likeness (QED) is 0.270. The topological polar surface area (TPSA) is 122 Å². The Bertz CT molecular complexity index is 1820. The van der Waals surface area contributed by atoms with Crippen molar-refractivity contribution in [2.24, 2.45) is 5.92 Å². The summed E-state index contributed by atoms with van der Waals surface area (Å²) in [6.07, 6.45) is 7.67. The summed E-state index contributed by atoms with van der Waals surface area (Å²) in [6, 6.07) is 18.1. The molecule has 218 valence electrons. The number of hydrogen-bond acceptors (Lipinski definition) is 7. The Kier molecular flexibility index (Phi) is 7.84. The molecular formula is C33H32N6O4. The Labute approximate surface area is 248 Å². The molecule has 1 aliphatic rings. The summed E-state index contributed by atoms with van der Waals surface area (Å²) >= 11 is 0. The molecule has 10 nitrogen and oxygen atoms in total. The lowest BCUT2D eigenvalue weighted by molar-refractivity contribution is -0.140. The SMILES string of the molecule is CC(C)[C@H](NC(=O)c1ccc(-c2cnc(N3CCOCC3)c3nc(/C=C/c4ccc5ccccc5n4)cn23)cc1)C(=O)O. The minimum absolute atomic E-state index is 0.244. The van der Waals surface area contributed by atoms with Crippen molar-refractivity contribution in [3.63, 3.8) is 0 Å². The van der Waals surface area contributed by atoms with E-state index in [-0.39, 0.29) is 5.92 Å². The number of fused-ring (bicyclic) bond motifs is 2. The molecule has 1 aliphatic heterocycles. The first-order valence-corrected chi connectivity index (χ1v) is 14.3. The fraction of sp³-hybridized carbons (Fsp3) is 0.242.